The third kappa shape index (κ3) is 7.70. The van der Waals surface area contributed by atoms with E-state index in [0.717, 1.165) is 68.6 Å². The lowest BCUT2D eigenvalue weighted by atomic mass is 9.90. The molecule has 0 saturated carbocycles. The second-order valence-corrected chi connectivity index (χ2v) is 19.2. The Hall–Kier alpha value is -6.78. The van der Waals surface area contributed by atoms with Crippen molar-refractivity contribution in [3.8, 4) is 11.3 Å². The number of aliphatic hydroxyl groups is 1. The fourth-order valence-electron chi connectivity index (χ4n) is 11.0. The van der Waals surface area contributed by atoms with E-state index in [1.165, 1.54) is 27.6 Å². The molecule has 4 aliphatic rings. The number of piperazine rings is 1. The van der Waals surface area contributed by atoms with Crippen molar-refractivity contribution < 1.29 is 14.7 Å². The molecule has 0 spiro atoms. The van der Waals surface area contributed by atoms with Crippen LogP contribution in [0.25, 0.3) is 22.3 Å². The van der Waals surface area contributed by atoms with Crippen molar-refractivity contribution in [3.63, 3.8) is 0 Å². The SMILES string of the molecule is C=CC(=O)Nc1cc(Nc2nc(-c3ccnc(N4CCn5c(cc6c5CC(C)(C)C6)C4=O)c3CO)cn(C)c2=O)ccc1N1CCN(C2CCN(c3ccnc4[nH]ccc34)[C@H](C)C2)C[C@@H]1C. The van der Waals surface area contributed by atoms with E-state index in [4.69, 9.17) is 4.98 Å². The van der Waals surface area contributed by atoms with Crippen LogP contribution in [0.4, 0.5) is 34.4 Å². The molecule has 10 rings (SSSR count). The Kier molecular flexibility index (Phi) is 11.0. The molecular formula is C50H58N12O4. The summed E-state index contributed by atoms with van der Waals surface area (Å²) in [4.78, 5) is 66.9. The first-order valence-corrected chi connectivity index (χ1v) is 23.0. The first-order valence-electron chi connectivity index (χ1n) is 23.0. The van der Waals surface area contributed by atoms with Crippen LogP contribution in [0.15, 0.2) is 84.7 Å². The van der Waals surface area contributed by atoms with Gasteiger partial charge in [0, 0.05) is 123 Å². The number of pyridine rings is 2. The van der Waals surface area contributed by atoms with Crippen molar-refractivity contribution in [3.05, 3.63) is 113 Å². The van der Waals surface area contributed by atoms with Crippen molar-refractivity contribution in [1.82, 2.24) is 34.0 Å². The van der Waals surface area contributed by atoms with Crippen LogP contribution in [0.1, 0.15) is 67.8 Å². The number of nitrogens with zero attached hydrogens (tertiary/aromatic N) is 9. The largest absolute Gasteiger partial charge is 0.392 e. The summed E-state index contributed by atoms with van der Waals surface area (Å²) in [5.74, 6) is -0.0835. The summed E-state index contributed by atoms with van der Waals surface area (Å²) in [5.41, 5.74) is 8.45. The molecule has 6 aromatic rings. The summed E-state index contributed by atoms with van der Waals surface area (Å²) in [7, 11) is 1.65. The summed E-state index contributed by atoms with van der Waals surface area (Å²) in [5, 5.41) is 18.2. The predicted octanol–water partition coefficient (Wildman–Crippen LogP) is 6.23. The Balaban J connectivity index is 0.870. The summed E-state index contributed by atoms with van der Waals surface area (Å²) in [6.07, 6.45) is 12.3. The first-order chi connectivity index (χ1) is 31.8. The number of aryl methyl sites for hydroxylation is 1. The van der Waals surface area contributed by atoms with Gasteiger partial charge in [0.25, 0.3) is 11.5 Å². The van der Waals surface area contributed by atoms with Crippen molar-refractivity contribution in [2.24, 2.45) is 12.5 Å². The van der Waals surface area contributed by atoms with Gasteiger partial charge in [-0.05, 0) is 99.0 Å². The van der Waals surface area contributed by atoms with Crippen LogP contribution in [0.3, 0.4) is 0 Å². The smallest absolute Gasteiger partial charge is 0.293 e. The molecule has 66 heavy (non-hydrogen) atoms. The van der Waals surface area contributed by atoms with E-state index in [9.17, 15) is 19.5 Å². The lowest BCUT2D eigenvalue weighted by Crippen LogP contribution is -2.58. The number of benzene rings is 1. The van der Waals surface area contributed by atoms with Gasteiger partial charge in [-0.15, -0.1) is 0 Å². The number of hydrogen-bond donors (Lipinski definition) is 4. The van der Waals surface area contributed by atoms with E-state index in [1.54, 1.807) is 30.4 Å². The second kappa shape index (κ2) is 16.9. The van der Waals surface area contributed by atoms with Crippen molar-refractivity contribution in [2.45, 2.75) is 84.7 Å². The van der Waals surface area contributed by atoms with Gasteiger partial charge in [-0.3, -0.25) is 24.2 Å². The second-order valence-electron chi connectivity index (χ2n) is 19.2. The highest BCUT2D eigenvalue weighted by molar-refractivity contribution is 6.06. The number of H-pyrrole nitrogens is 1. The fourth-order valence-corrected chi connectivity index (χ4v) is 11.0. The van der Waals surface area contributed by atoms with Crippen LogP contribution in [0.5, 0.6) is 0 Å². The minimum atomic E-state index is -0.399. The van der Waals surface area contributed by atoms with Gasteiger partial charge in [0.05, 0.1) is 23.7 Å². The van der Waals surface area contributed by atoms with Gasteiger partial charge >= 0.3 is 0 Å². The molecular weight excluding hydrogens is 833 g/mol. The minimum Gasteiger partial charge on any atom is -0.392 e. The van der Waals surface area contributed by atoms with Gasteiger partial charge in [0.15, 0.2) is 5.82 Å². The van der Waals surface area contributed by atoms with E-state index < -0.39 is 6.61 Å². The van der Waals surface area contributed by atoms with Crippen LogP contribution < -0.4 is 30.9 Å². The molecule has 0 radical (unpaired) electrons. The molecule has 8 heterocycles. The molecule has 2 amide bonds. The van der Waals surface area contributed by atoms with Gasteiger partial charge in [0.2, 0.25) is 5.91 Å². The van der Waals surface area contributed by atoms with E-state index in [0.29, 0.717) is 64.9 Å². The molecule has 4 N–H and O–H groups in total. The topological polar surface area (TPSA) is 173 Å². The summed E-state index contributed by atoms with van der Waals surface area (Å²) in [6, 6.07) is 14.7. The average molecular weight is 891 g/mol. The maximum absolute atomic E-state index is 14.1. The first kappa shape index (κ1) is 43.1. The van der Waals surface area contributed by atoms with Crippen LogP contribution in [0, 0.1) is 5.41 Å². The summed E-state index contributed by atoms with van der Waals surface area (Å²) in [6.45, 7) is 16.9. The molecule has 16 heteroatoms. The highest BCUT2D eigenvalue weighted by Crippen LogP contribution is 2.41. The Morgan fingerprint density at radius 3 is 2.58 bits per heavy atom. The quantitative estimate of drug-likeness (QED) is 0.115. The number of aromatic nitrogens is 6. The van der Waals surface area contributed by atoms with Crippen molar-refractivity contribution in [1.29, 1.82) is 0 Å². The number of carbonyl (C=O) groups excluding carboxylic acids is 2. The zero-order valence-corrected chi connectivity index (χ0v) is 38.3. The van der Waals surface area contributed by atoms with Gasteiger partial charge < -0.3 is 39.7 Å². The number of anilines is 6. The van der Waals surface area contributed by atoms with Crippen LogP contribution in [-0.4, -0.2) is 102 Å². The number of aliphatic hydroxyl groups excluding tert-OH is 1. The lowest BCUT2D eigenvalue weighted by molar-refractivity contribution is -0.111. The number of aromatic amines is 1. The Labute approximate surface area is 384 Å². The zero-order valence-electron chi connectivity index (χ0n) is 38.3. The molecule has 2 fully saturated rings. The van der Waals surface area contributed by atoms with Crippen molar-refractivity contribution in [2.75, 3.05) is 58.1 Å². The predicted molar refractivity (Wildman–Crippen MR) is 259 cm³/mol. The maximum Gasteiger partial charge on any atom is 0.293 e. The van der Waals surface area contributed by atoms with Gasteiger partial charge in [0.1, 0.15) is 17.2 Å². The highest BCUT2D eigenvalue weighted by atomic mass is 16.3. The Morgan fingerprint density at radius 2 is 1.79 bits per heavy atom. The summed E-state index contributed by atoms with van der Waals surface area (Å²) >= 11 is 0. The minimum absolute atomic E-state index is 0.0546. The van der Waals surface area contributed by atoms with Gasteiger partial charge in [-0.2, -0.15) is 0 Å². The molecule has 2 saturated heterocycles. The highest BCUT2D eigenvalue weighted by Gasteiger charge is 2.38. The Bertz CT molecular complexity index is 2950. The maximum atomic E-state index is 14.1. The number of amides is 2. The van der Waals surface area contributed by atoms with Gasteiger partial charge in [-0.1, -0.05) is 20.4 Å². The Morgan fingerprint density at radius 1 is 0.970 bits per heavy atom. The molecule has 3 aliphatic heterocycles. The molecule has 1 aromatic carbocycles. The van der Waals surface area contributed by atoms with E-state index in [2.05, 4.69) is 91.3 Å². The summed E-state index contributed by atoms with van der Waals surface area (Å²) < 4.78 is 3.59. The van der Waals surface area contributed by atoms with Crippen molar-refractivity contribution >= 4 is 57.2 Å². The van der Waals surface area contributed by atoms with Crippen LogP contribution in [0.2, 0.25) is 0 Å². The monoisotopic (exact) mass is 890 g/mol. The third-order valence-corrected chi connectivity index (χ3v) is 14.2. The normalized spacial score (nSPS) is 20.7. The number of hydrogen-bond acceptors (Lipinski definition) is 11. The number of nitrogens with one attached hydrogen (secondary N) is 3. The number of fused-ring (bicyclic) bond motifs is 4. The molecule has 342 valence electrons. The van der Waals surface area contributed by atoms with E-state index >= 15 is 0 Å². The van der Waals surface area contributed by atoms with Gasteiger partial charge in [-0.25, -0.2) is 15.0 Å². The zero-order chi connectivity index (χ0) is 46.0. The lowest BCUT2D eigenvalue weighted by Gasteiger charge is -2.48. The molecule has 5 aromatic heterocycles. The van der Waals surface area contributed by atoms with E-state index in [1.807, 2.05) is 36.7 Å². The van der Waals surface area contributed by atoms with Crippen LogP contribution >= 0.6 is 0 Å². The number of rotatable bonds is 10. The average Bonchev–Trinajstić information content (AvgIpc) is 4.01. The fraction of sp³-hybridized carbons (Fsp3) is 0.400. The molecule has 16 nitrogen and oxygen atoms in total. The van der Waals surface area contributed by atoms with Crippen LogP contribution in [-0.2, 0) is 37.8 Å². The molecule has 0 bridgehead atoms. The number of piperidine rings is 1. The number of carbonyl (C=O) groups is 2. The standard InChI is InChI=1S/C50H58N12O4/c1-7-44(64)55-38-24-33(8-9-41(38)60-19-18-58(27-31(60)3)34-13-17-59(30(2)22-34)40-12-16-52-45-36(40)11-14-51-45)54-46-49(66)57(6)28-39(56-46)35-10-15-53-47(37(35)29-63)62-21-20-61-42(48(62)65)23-32-25-50(4,5)26-43(32)61/h7-12,14-16,23-24,28,30-31,34,63H,1,13,17-22,25-27,29H2,2-6H3,(H,51,52)(H,54,56)(H,55,64)/t30-,31+,34?/m1/s1. The molecule has 1 aliphatic carbocycles. The molecule has 1 unspecified atom stereocenters. The molecule has 3 atom stereocenters. The van der Waals surface area contributed by atoms with E-state index in [-0.39, 0.29) is 34.6 Å². The third-order valence-electron chi connectivity index (χ3n) is 14.2.